The van der Waals surface area contributed by atoms with Crippen molar-refractivity contribution in [2.75, 3.05) is 39.8 Å². The third-order valence-corrected chi connectivity index (χ3v) is 8.10. The number of hydrogen-bond acceptors (Lipinski definition) is 5. The second kappa shape index (κ2) is 11.3. The van der Waals surface area contributed by atoms with Crippen molar-refractivity contribution in [2.45, 2.75) is 25.3 Å². The van der Waals surface area contributed by atoms with Crippen LogP contribution in [-0.4, -0.2) is 62.0 Å². The monoisotopic (exact) mass is 533 g/mol. The average molecular weight is 535 g/mol. The van der Waals surface area contributed by atoms with Crippen molar-refractivity contribution in [1.82, 2.24) is 13.8 Å². The molecule has 0 amide bonds. The molecule has 2 heterocycles. The number of piperazine rings is 1. The molecule has 1 fully saturated rings. The molecular weight excluding hydrogens is 505 g/mol. The molecule has 33 heavy (non-hydrogen) atoms. The second-order valence-electron chi connectivity index (χ2n) is 7.96. The molecule has 0 atom stereocenters. The Morgan fingerprint density at radius 3 is 2.30 bits per heavy atom. The number of nitrogens with zero attached hydrogens (tertiary/aromatic N) is 3. The highest BCUT2D eigenvalue weighted by Gasteiger charge is 2.23. The smallest absolute Gasteiger partial charge is 0.268 e. The van der Waals surface area contributed by atoms with Crippen LogP contribution in [0.25, 0.3) is 10.9 Å². The summed E-state index contributed by atoms with van der Waals surface area (Å²) >= 11 is 6.45. The summed E-state index contributed by atoms with van der Waals surface area (Å²) in [5, 5.41) is 1.45. The number of methoxy groups -OCH3 is 1. The lowest BCUT2D eigenvalue weighted by atomic mass is 10.2. The molecule has 0 bridgehead atoms. The number of aromatic nitrogens is 1. The summed E-state index contributed by atoms with van der Waals surface area (Å²) in [6.45, 7) is 9.70. The van der Waals surface area contributed by atoms with Crippen molar-refractivity contribution in [3.8, 4) is 5.75 Å². The Morgan fingerprint density at radius 1 is 1.00 bits per heavy atom. The first-order valence-corrected chi connectivity index (χ1v) is 12.3. The van der Waals surface area contributed by atoms with Gasteiger partial charge in [0.05, 0.1) is 17.5 Å². The van der Waals surface area contributed by atoms with Crippen LogP contribution in [0.3, 0.4) is 0 Å². The number of fused-ring (bicyclic) bond motifs is 1. The maximum absolute atomic E-state index is 13.5. The zero-order valence-electron chi connectivity index (χ0n) is 19.0. The first kappa shape index (κ1) is 27.8. The number of rotatable bonds is 6. The summed E-state index contributed by atoms with van der Waals surface area (Å²) in [5.74, 6) is 0.697. The van der Waals surface area contributed by atoms with E-state index in [9.17, 15) is 8.42 Å². The molecule has 2 aromatic carbocycles. The lowest BCUT2D eigenvalue weighted by molar-refractivity contribution is 0.132. The third kappa shape index (κ3) is 5.61. The molecule has 6 nitrogen and oxygen atoms in total. The van der Waals surface area contributed by atoms with E-state index in [4.69, 9.17) is 16.3 Å². The first-order valence-electron chi connectivity index (χ1n) is 10.5. The van der Waals surface area contributed by atoms with E-state index in [0.717, 1.165) is 49.2 Å². The number of benzene rings is 2. The van der Waals surface area contributed by atoms with Gasteiger partial charge in [0.1, 0.15) is 5.75 Å². The summed E-state index contributed by atoms with van der Waals surface area (Å²) in [5.41, 5.74) is 2.34. The maximum atomic E-state index is 13.5. The standard InChI is InChI=1S/C23H28ClN3O3S.2ClH/c1-4-25-9-11-26(12-10-25)16-18-13-20(6-7-22(18)24)31(28,29)27-15-17(2)21-14-19(30-3)5-8-23(21)27;;/h5-8,13-15H,4,9-12,16H2,1-3H3;2*1H. The Labute approximate surface area is 213 Å². The van der Waals surface area contributed by atoms with Crippen molar-refractivity contribution in [3.05, 3.63) is 58.7 Å². The van der Waals surface area contributed by atoms with Crippen molar-refractivity contribution < 1.29 is 13.2 Å². The van der Waals surface area contributed by atoms with Gasteiger partial charge in [-0.2, -0.15) is 0 Å². The molecular formula is C23H30Cl3N3O3S. The highest BCUT2D eigenvalue weighted by molar-refractivity contribution is 7.90. The van der Waals surface area contributed by atoms with Crippen LogP contribution in [0.4, 0.5) is 0 Å². The number of hydrogen-bond donors (Lipinski definition) is 0. The quantitative estimate of drug-likeness (QED) is 0.453. The summed E-state index contributed by atoms with van der Waals surface area (Å²) in [6.07, 6.45) is 1.66. The second-order valence-corrected chi connectivity index (χ2v) is 10.2. The van der Waals surface area contributed by atoms with Gasteiger partial charge >= 0.3 is 0 Å². The van der Waals surface area contributed by atoms with Gasteiger partial charge in [0.15, 0.2) is 0 Å². The van der Waals surface area contributed by atoms with E-state index in [0.29, 0.717) is 22.8 Å². The molecule has 3 aromatic rings. The predicted octanol–water partition coefficient (Wildman–Crippen LogP) is 4.83. The minimum atomic E-state index is -3.77. The Morgan fingerprint density at radius 2 is 1.67 bits per heavy atom. The van der Waals surface area contributed by atoms with Crippen LogP contribution >= 0.6 is 36.4 Å². The van der Waals surface area contributed by atoms with Gasteiger partial charge in [-0.3, -0.25) is 4.90 Å². The fourth-order valence-corrected chi connectivity index (χ4v) is 5.77. The molecule has 1 aromatic heterocycles. The Bertz CT molecular complexity index is 1210. The molecule has 0 unspecified atom stereocenters. The van der Waals surface area contributed by atoms with Gasteiger partial charge in [0.2, 0.25) is 0 Å². The van der Waals surface area contributed by atoms with E-state index in [-0.39, 0.29) is 29.7 Å². The molecule has 1 aliphatic rings. The number of halogens is 3. The van der Waals surface area contributed by atoms with E-state index in [1.54, 1.807) is 43.6 Å². The molecule has 0 radical (unpaired) electrons. The molecule has 182 valence electrons. The van der Waals surface area contributed by atoms with Crippen molar-refractivity contribution in [2.24, 2.45) is 0 Å². The maximum Gasteiger partial charge on any atom is 0.268 e. The normalized spacial score (nSPS) is 15.2. The van der Waals surface area contributed by atoms with E-state index < -0.39 is 10.0 Å². The Kier molecular flexibility index (Phi) is 9.50. The van der Waals surface area contributed by atoms with Gasteiger partial charge in [-0.25, -0.2) is 12.4 Å². The van der Waals surface area contributed by atoms with Crippen molar-refractivity contribution in [1.29, 1.82) is 0 Å². The number of likely N-dealkylation sites (N-methyl/N-ethyl adjacent to an activating group) is 1. The van der Waals surface area contributed by atoms with Gasteiger partial charge in [-0.15, -0.1) is 24.8 Å². The topological polar surface area (TPSA) is 54.8 Å². The largest absolute Gasteiger partial charge is 0.497 e. The fourth-order valence-electron chi connectivity index (χ4n) is 4.11. The summed E-state index contributed by atoms with van der Waals surface area (Å²) in [7, 11) is -2.17. The summed E-state index contributed by atoms with van der Waals surface area (Å²) in [4.78, 5) is 4.98. The highest BCUT2D eigenvalue weighted by atomic mass is 35.5. The zero-order valence-corrected chi connectivity index (χ0v) is 22.2. The van der Waals surface area contributed by atoms with Crippen LogP contribution in [-0.2, 0) is 16.6 Å². The SMILES string of the molecule is CCN1CCN(Cc2cc(S(=O)(=O)n3cc(C)c4cc(OC)ccc43)ccc2Cl)CC1.Cl.Cl. The van der Waals surface area contributed by atoms with Crippen LogP contribution in [0.1, 0.15) is 18.1 Å². The predicted molar refractivity (Wildman–Crippen MR) is 139 cm³/mol. The van der Waals surface area contributed by atoms with E-state index in [1.165, 1.54) is 3.97 Å². The zero-order chi connectivity index (χ0) is 22.2. The molecule has 0 N–H and O–H groups in total. The molecule has 0 spiro atoms. The number of aryl methyl sites for hydroxylation is 1. The van der Waals surface area contributed by atoms with E-state index in [1.807, 2.05) is 13.0 Å². The molecule has 1 aliphatic heterocycles. The average Bonchev–Trinajstić information content (AvgIpc) is 3.12. The van der Waals surface area contributed by atoms with Gasteiger partial charge < -0.3 is 9.64 Å². The van der Waals surface area contributed by atoms with Crippen LogP contribution in [0.15, 0.2) is 47.5 Å². The molecule has 4 rings (SSSR count). The van der Waals surface area contributed by atoms with Crippen LogP contribution in [0.5, 0.6) is 5.75 Å². The fraction of sp³-hybridized carbons (Fsp3) is 0.391. The summed E-state index contributed by atoms with van der Waals surface area (Å²) < 4.78 is 33.7. The Balaban J connectivity index is 0.00000193. The van der Waals surface area contributed by atoms with Crippen LogP contribution < -0.4 is 4.74 Å². The first-order chi connectivity index (χ1) is 14.8. The minimum absolute atomic E-state index is 0. The molecule has 1 saturated heterocycles. The molecule has 0 saturated carbocycles. The summed E-state index contributed by atoms with van der Waals surface area (Å²) in [6, 6.07) is 10.4. The van der Waals surface area contributed by atoms with Crippen molar-refractivity contribution in [3.63, 3.8) is 0 Å². The van der Waals surface area contributed by atoms with E-state index in [2.05, 4.69) is 16.7 Å². The molecule has 0 aliphatic carbocycles. The van der Waals surface area contributed by atoms with Gasteiger partial charge in [-0.05, 0) is 61.0 Å². The lowest BCUT2D eigenvalue weighted by Crippen LogP contribution is -2.45. The number of ether oxygens (including phenoxy) is 1. The third-order valence-electron chi connectivity index (χ3n) is 6.06. The molecule has 10 heteroatoms. The van der Waals surface area contributed by atoms with Gasteiger partial charge in [0, 0.05) is 49.3 Å². The Hall–Kier alpha value is -1.48. The van der Waals surface area contributed by atoms with Crippen LogP contribution in [0.2, 0.25) is 5.02 Å². The van der Waals surface area contributed by atoms with Crippen molar-refractivity contribution >= 4 is 57.3 Å². The van der Waals surface area contributed by atoms with E-state index >= 15 is 0 Å². The highest BCUT2D eigenvalue weighted by Crippen LogP contribution is 2.30. The van der Waals surface area contributed by atoms with Crippen LogP contribution in [0, 0.1) is 6.92 Å². The lowest BCUT2D eigenvalue weighted by Gasteiger charge is -2.34. The van der Waals surface area contributed by atoms with Gasteiger partial charge in [0.25, 0.3) is 10.0 Å². The van der Waals surface area contributed by atoms with Gasteiger partial charge in [-0.1, -0.05) is 18.5 Å². The minimum Gasteiger partial charge on any atom is -0.497 e.